The number of carbonyl (C=O) groups excluding carboxylic acids is 1. The van der Waals surface area contributed by atoms with Crippen LogP contribution in [0.4, 0.5) is 11.6 Å². The van der Waals surface area contributed by atoms with Crippen molar-refractivity contribution in [1.29, 1.82) is 0 Å². The van der Waals surface area contributed by atoms with E-state index in [0.29, 0.717) is 23.1 Å². The monoisotopic (exact) mass is 473 g/mol. The Balaban J connectivity index is 1.39. The van der Waals surface area contributed by atoms with Crippen molar-refractivity contribution in [2.75, 3.05) is 5.32 Å². The van der Waals surface area contributed by atoms with E-state index in [1.54, 1.807) is 18.3 Å². The fraction of sp³-hybridized carbons (Fsp3) is 0.481. The molecule has 35 heavy (non-hydrogen) atoms. The van der Waals surface area contributed by atoms with Crippen molar-refractivity contribution in [3.63, 3.8) is 0 Å². The molecule has 6 rings (SSSR count). The van der Waals surface area contributed by atoms with Crippen LogP contribution in [0.2, 0.25) is 0 Å². The van der Waals surface area contributed by atoms with E-state index in [-0.39, 0.29) is 18.0 Å². The molecule has 2 atom stereocenters. The smallest absolute Gasteiger partial charge is 0.340 e. The number of pyridine rings is 3. The number of nitrogens with two attached hydrogens (primary N) is 1. The van der Waals surface area contributed by atoms with Crippen LogP contribution < -0.4 is 15.8 Å². The summed E-state index contributed by atoms with van der Waals surface area (Å²) in [7, 11) is 0. The Hall–Kier alpha value is -3.26. The van der Waals surface area contributed by atoms with Gasteiger partial charge in [0.1, 0.15) is 23.0 Å². The van der Waals surface area contributed by atoms with Crippen LogP contribution in [0.1, 0.15) is 81.0 Å². The minimum atomic E-state index is -0.621. The molecular weight excluding hydrogens is 442 g/mol. The summed E-state index contributed by atoms with van der Waals surface area (Å²) >= 11 is 0. The zero-order valence-corrected chi connectivity index (χ0v) is 20.6. The number of carbonyl (C=O) groups is 1. The van der Waals surface area contributed by atoms with Gasteiger partial charge in [-0.1, -0.05) is 6.92 Å². The van der Waals surface area contributed by atoms with Crippen molar-refractivity contribution < 1.29 is 14.3 Å². The summed E-state index contributed by atoms with van der Waals surface area (Å²) in [6.07, 6.45) is 8.25. The number of ether oxygens (including phenoxy) is 2. The van der Waals surface area contributed by atoms with Crippen molar-refractivity contribution >= 4 is 28.4 Å². The third-order valence-corrected chi connectivity index (χ3v) is 7.70. The molecule has 0 radical (unpaired) electrons. The molecular formula is C27H31N5O3. The molecule has 8 nitrogen and oxygen atoms in total. The van der Waals surface area contributed by atoms with E-state index < -0.39 is 11.1 Å². The number of nitrogens with one attached hydrogen (secondary N) is 1. The highest BCUT2D eigenvalue weighted by atomic mass is 16.6. The molecule has 3 N–H and O–H groups in total. The summed E-state index contributed by atoms with van der Waals surface area (Å²) in [4.78, 5) is 26.7. The van der Waals surface area contributed by atoms with Crippen LogP contribution in [0.5, 0.6) is 5.75 Å². The molecule has 3 aromatic rings. The first-order chi connectivity index (χ1) is 16.6. The van der Waals surface area contributed by atoms with E-state index in [0.717, 1.165) is 53.6 Å². The Morgan fingerprint density at radius 1 is 1.11 bits per heavy atom. The predicted molar refractivity (Wildman–Crippen MR) is 133 cm³/mol. The second-order valence-corrected chi connectivity index (χ2v) is 10.9. The van der Waals surface area contributed by atoms with Crippen LogP contribution in [-0.4, -0.2) is 32.6 Å². The molecule has 2 aliphatic carbocycles. The van der Waals surface area contributed by atoms with Gasteiger partial charge < -0.3 is 20.5 Å². The zero-order chi connectivity index (χ0) is 24.5. The fourth-order valence-corrected chi connectivity index (χ4v) is 4.83. The number of hydrogen-bond acceptors (Lipinski definition) is 8. The first kappa shape index (κ1) is 22.2. The van der Waals surface area contributed by atoms with Gasteiger partial charge in [0.05, 0.1) is 34.8 Å². The van der Waals surface area contributed by atoms with Gasteiger partial charge in [-0.15, -0.1) is 0 Å². The van der Waals surface area contributed by atoms with E-state index in [1.807, 2.05) is 33.0 Å². The Labute approximate surface area is 204 Å². The van der Waals surface area contributed by atoms with Crippen molar-refractivity contribution in [3.05, 3.63) is 47.5 Å². The summed E-state index contributed by atoms with van der Waals surface area (Å²) in [6, 6.07) is 5.52. The molecule has 0 bridgehead atoms. The van der Waals surface area contributed by atoms with E-state index in [2.05, 4.69) is 17.2 Å². The molecule has 1 aliphatic heterocycles. The van der Waals surface area contributed by atoms with Gasteiger partial charge >= 0.3 is 5.97 Å². The minimum absolute atomic E-state index is 0.0454. The number of cyclic esters (lactones) is 1. The molecule has 3 aliphatic rings. The van der Waals surface area contributed by atoms with Gasteiger partial charge in [0.25, 0.3) is 0 Å². The zero-order valence-electron chi connectivity index (χ0n) is 20.6. The summed E-state index contributed by atoms with van der Waals surface area (Å²) in [6.45, 7) is 7.90. The van der Waals surface area contributed by atoms with Crippen LogP contribution in [0.3, 0.4) is 0 Å². The lowest BCUT2D eigenvalue weighted by molar-refractivity contribution is -0.0189. The summed E-state index contributed by atoms with van der Waals surface area (Å²) < 4.78 is 11.7. The highest BCUT2D eigenvalue weighted by Crippen LogP contribution is 2.46. The van der Waals surface area contributed by atoms with E-state index in [4.69, 9.17) is 25.2 Å². The maximum Gasteiger partial charge on any atom is 0.340 e. The Morgan fingerprint density at radius 3 is 2.60 bits per heavy atom. The minimum Gasteiger partial charge on any atom is -0.488 e. The normalized spacial score (nSPS) is 22.8. The first-order valence-corrected chi connectivity index (χ1v) is 12.4. The number of aromatic nitrogens is 3. The number of fused-ring (bicyclic) bond motifs is 2. The van der Waals surface area contributed by atoms with Gasteiger partial charge in [0, 0.05) is 22.9 Å². The van der Waals surface area contributed by atoms with Gasteiger partial charge in [-0.05, 0) is 70.6 Å². The molecule has 2 saturated carbocycles. The molecule has 8 heteroatoms. The molecule has 0 saturated heterocycles. The lowest BCUT2D eigenvalue weighted by atomic mass is 9.84. The molecule has 2 fully saturated rings. The molecule has 3 aromatic heterocycles. The molecule has 4 heterocycles. The average molecular weight is 474 g/mol. The fourth-order valence-electron chi connectivity index (χ4n) is 4.83. The van der Waals surface area contributed by atoms with Crippen LogP contribution in [0.15, 0.2) is 30.6 Å². The van der Waals surface area contributed by atoms with Crippen LogP contribution >= 0.6 is 0 Å². The van der Waals surface area contributed by atoms with E-state index in [1.165, 1.54) is 0 Å². The molecule has 1 unspecified atom stereocenters. The van der Waals surface area contributed by atoms with Gasteiger partial charge in [-0.25, -0.2) is 14.8 Å². The van der Waals surface area contributed by atoms with Crippen molar-refractivity contribution in [2.45, 2.75) is 76.5 Å². The lowest BCUT2D eigenvalue weighted by Gasteiger charge is -2.36. The van der Waals surface area contributed by atoms with Gasteiger partial charge in [-0.2, -0.15) is 0 Å². The largest absolute Gasteiger partial charge is 0.488 e. The number of esters is 1. The summed E-state index contributed by atoms with van der Waals surface area (Å²) in [5.74, 6) is 2.03. The second-order valence-electron chi connectivity index (χ2n) is 10.9. The van der Waals surface area contributed by atoms with Crippen molar-refractivity contribution in [2.24, 2.45) is 11.7 Å². The summed E-state index contributed by atoms with van der Waals surface area (Å²) in [5.41, 5.74) is 7.75. The first-order valence-electron chi connectivity index (χ1n) is 12.4. The third-order valence-electron chi connectivity index (χ3n) is 7.70. The van der Waals surface area contributed by atoms with Gasteiger partial charge in [-0.3, -0.25) is 4.98 Å². The average Bonchev–Trinajstić information content (AvgIpc) is 3.71. The molecule has 0 amide bonds. The Bertz CT molecular complexity index is 1340. The maximum absolute atomic E-state index is 12.4. The van der Waals surface area contributed by atoms with E-state index >= 15 is 0 Å². The highest BCUT2D eigenvalue weighted by molar-refractivity contribution is 5.93. The van der Waals surface area contributed by atoms with Crippen molar-refractivity contribution in [1.82, 2.24) is 15.0 Å². The number of nitrogens with zero attached hydrogens (tertiary/aromatic N) is 3. The van der Waals surface area contributed by atoms with Gasteiger partial charge in [0.2, 0.25) is 0 Å². The number of hydrogen-bond donors (Lipinski definition) is 2. The van der Waals surface area contributed by atoms with Crippen molar-refractivity contribution in [3.8, 4) is 5.75 Å². The lowest BCUT2D eigenvalue weighted by Crippen LogP contribution is -2.39. The Kier molecular flexibility index (Phi) is 4.84. The quantitative estimate of drug-likeness (QED) is 0.484. The van der Waals surface area contributed by atoms with Crippen LogP contribution in [-0.2, 0) is 10.3 Å². The number of anilines is 2. The predicted octanol–water partition coefficient (Wildman–Crippen LogP) is 4.95. The molecule has 0 spiro atoms. The van der Waals surface area contributed by atoms with E-state index in [9.17, 15) is 4.79 Å². The Morgan fingerprint density at radius 2 is 1.89 bits per heavy atom. The highest BCUT2D eigenvalue weighted by Gasteiger charge is 2.42. The number of rotatable bonds is 6. The second kappa shape index (κ2) is 7.62. The van der Waals surface area contributed by atoms with Crippen LogP contribution in [0, 0.1) is 5.92 Å². The van der Waals surface area contributed by atoms with Gasteiger partial charge in [0.15, 0.2) is 0 Å². The van der Waals surface area contributed by atoms with Crippen LogP contribution in [0.25, 0.3) is 10.8 Å². The topological polar surface area (TPSA) is 112 Å². The molecule has 0 aromatic carbocycles. The third kappa shape index (κ3) is 3.89. The standard InChI is InChI=1S/C27H31N5O3/c1-14-23-17(25(33)35-26(14,2)3)9-10-21(32-23)31-22-11-18-19(12-29-22)20(34-16-7-8-16)13-30-24(18)27(4,28)15-5-6-15/h9-16H,5-8,28H2,1-4H3,(H,29,31,32)/t14-,27?/m1/s1. The SMILES string of the molecule is C[C@@H]1c2nc(Nc3cc4c(C(C)(N)C5CC5)ncc(OC5CC5)c4cn3)ccc2C(=O)OC1(C)C. The summed E-state index contributed by atoms with van der Waals surface area (Å²) in [5, 5.41) is 5.18. The molecule has 182 valence electrons. The maximum atomic E-state index is 12.4.